The van der Waals surface area contributed by atoms with Gasteiger partial charge in [0.25, 0.3) is 0 Å². The molecule has 2 saturated carbocycles. The van der Waals surface area contributed by atoms with Gasteiger partial charge in [-0.2, -0.15) is 4.99 Å². The Labute approximate surface area is 118 Å². The van der Waals surface area contributed by atoms with E-state index >= 15 is 0 Å². The molecular weight excluding hydrogens is 274 g/mol. The number of rotatable bonds is 4. The number of hydrogen-bond donors (Lipinski definition) is 0. The molecule has 20 heavy (non-hydrogen) atoms. The Kier molecular flexibility index (Phi) is 2.89. The van der Waals surface area contributed by atoms with Crippen LogP contribution in [-0.2, 0) is 24.9 Å². The van der Waals surface area contributed by atoms with E-state index in [0.717, 1.165) is 30.4 Å². The predicted molar refractivity (Wildman–Crippen MR) is 75.8 cm³/mol. The summed E-state index contributed by atoms with van der Waals surface area (Å²) >= 11 is 0. The maximum absolute atomic E-state index is 11.9. The molecule has 106 valence electrons. The standard InChI is InChI=1S/C15H17NO3S/c1-20(18,19)15(9-10-15)13-5-3-12(4-6-13)14(16-11-17)7-2-8-14/h3-6H,2,7-10H2,1H3. The highest BCUT2D eigenvalue weighted by Crippen LogP contribution is 2.53. The Bertz CT molecular complexity index is 676. The fourth-order valence-corrected chi connectivity index (χ4v) is 4.54. The van der Waals surface area contributed by atoms with Crippen molar-refractivity contribution < 1.29 is 13.2 Å². The van der Waals surface area contributed by atoms with Gasteiger partial charge in [-0.1, -0.05) is 24.3 Å². The minimum atomic E-state index is -3.08. The lowest BCUT2D eigenvalue weighted by Crippen LogP contribution is -2.32. The highest BCUT2D eigenvalue weighted by molar-refractivity contribution is 7.92. The summed E-state index contributed by atoms with van der Waals surface area (Å²) in [4.78, 5) is 14.5. The molecule has 0 spiro atoms. The minimum absolute atomic E-state index is 0.415. The van der Waals surface area contributed by atoms with Crippen molar-refractivity contribution in [1.29, 1.82) is 0 Å². The van der Waals surface area contributed by atoms with Crippen molar-refractivity contribution in [2.24, 2.45) is 4.99 Å². The first kappa shape index (κ1) is 13.5. The maximum Gasteiger partial charge on any atom is 0.235 e. The monoisotopic (exact) mass is 291 g/mol. The van der Waals surface area contributed by atoms with Crippen LogP contribution in [-0.4, -0.2) is 20.8 Å². The molecule has 4 nitrogen and oxygen atoms in total. The van der Waals surface area contributed by atoms with Crippen LogP contribution in [0.15, 0.2) is 29.3 Å². The Morgan fingerprint density at radius 1 is 1.05 bits per heavy atom. The van der Waals surface area contributed by atoms with E-state index in [-0.39, 0.29) is 0 Å². The maximum atomic E-state index is 11.9. The summed E-state index contributed by atoms with van der Waals surface area (Å²) in [5.41, 5.74) is 1.43. The van der Waals surface area contributed by atoms with E-state index in [0.29, 0.717) is 12.8 Å². The van der Waals surface area contributed by atoms with Crippen LogP contribution in [0.2, 0.25) is 0 Å². The van der Waals surface area contributed by atoms with Crippen molar-refractivity contribution in [3.8, 4) is 0 Å². The fourth-order valence-electron chi connectivity index (χ4n) is 3.14. The van der Waals surface area contributed by atoms with E-state index in [1.807, 2.05) is 24.3 Å². The highest BCUT2D eigenvalue weighted by Gasteiger charge is 2.53. The summed E-state index contributed by atoms with van der Waals surface area (Å²) in [5, 5.41) is 0. The molecule has 0 atom stereocenters. The zero-order valence-corrected chi connectivity index (χ0v) is 12.2. The second kappa shape index (κ2) is 4.27. The third-order valence-electron chi connectivity index (χ3n) is 4.80. The summed E-state index contributed by atoms with van der Waals surface area (Å²) < 4.78 is 23.1. The Morgan fingerprint density at radius 2 is 1.60 bits per heavy atom. The van der Waals surface area contributed by atoms with Crippen molar-refractivity contribution in [1.82, 2.24) is 0 Å². The van der Waals surface area contributed by atoms with Gasteiger partial charge >= 0.3 is 0 Å². The number of benzene rings is 1. The molecule has 3 rings (SSSR count). The number of hydrogen-bond acceptors (Lipinski definition) is 4. The zero-order chi connectivity index (χ0) is 14.4. The number of aliphatic imine (C=N–C) groups is 1. The van der Waals surface area contributed by atoms with Crippen LogP contribution >= 0.6 is 0 Å². The number of carbonyl (C=O) groups excluding carboxylic acids is 1. The van der Waals surface area contributed by atoms with Crippen molar-refractivity contribution in [3.63, 3.8) is 0 Å². The van der Waals surface area contributed by atoms with Gasteiger partial charge in [-0.05, 0) is 43.2 Å². The van der Waals surface area contributed by atoms with Gasteiger partial charge in [-0.3, -0.25) is 0 Å². The SMILES string of the molecule is CS(=O)(=O)C1(c2ccc(C3(N=C=O)CCC3)cc2)CC1. The first-order chi connectivity index (χ1) is 9.44. The molecule has 0 aliphatic heterocycles. The van der Waals surface area contributed by atoms with Gasteiger partial charge in [-0.25, -0.2) is 13.2 Å². The molecule has 0 amide bonds. The van der Waals surface area contributed by atoms with E-state index in [1.54, 1.807) is 6.08 Å². The van der Waals surface area contributed by atoms with Crippen LogP contribution in [0.5, 0.6) is 0 Å². The second-order valence-electron chi connectivity index (χ2n) is 5.93. The third-order valence-corrected chi connectivity index (χ3v) is 6.87. The van der Waals surface area contributed by atoms with E-state index in [2.05, 4.69) is 4.99 Å². The molecule has 2 aliphatic rings. The molecule has 0 radical (unpaired) electrons. The van der Waals surface area contributed by atoms with Crippen LogP contribution in [0.4, 0.5) is 0 Å². The summed E-state index contributed by atoms with van der Waals surface area (Å²) in [5.74, 6) is 0. The predicted octanol–water partition coefficient (Wildman–Crippen LogP) is 2.44. The molecule has 0 saturated heterocycles. The summed E-state index contributed by atoms with van der Waals surface area (Å²) in [7, 11) is -3.08. The Balaban J connectivity index is 1.95. The Morgan fingerprint density at radius 3 is 1.95 bits per heavy atom. The van der Waals surface area contributed by atoms with Crippen molar-refractivity contribution >= 4 is 15.9 Å². The first-order valence-corrected chi connectivity index (χ1v) is 8.72. The van der Waals surface area contributed by atoms with Gasteiger partial charge in [0.2, 0.25) is 6.08 Å². The quantitative estimate of drug-likeness (QED) is 0.632. The molecule has 0 bridgehead atoms. The molecular formula is C15H17NO3S. The molecule has 0 unspecified atom stereocenters. The third kappa shape index (κ3) is 1.85. The van der Waals surface area contributed by atoms with E-state index in [4.69, 9.17) is 0 Å². The molecule has 5 heteroatoms. The van der Waals surface area contributed by atoms with E-state index in [1.165, 1.54) is 6.26 Å². The number of isocyanates is 1. The average Bonchev–Trinajstić information content (AvgIpc) is 3.15. The van der Waals surface area contributed by atoms with Gasteiger partial charge < -0.3 is 0 Å². The van der Waals surface area contributed by atoms with Gasteiger partial charge in [0.05, 0.1) is 10.3 Å². The van der Waals surface area contributed by atoms with Gasteiger partial charge in [0, 0.05) is 6.26 Å². The molecule has 0 heterocycles. The van der Waals surface area contributed by atoms with Crippen LogP contribution < -0.4 is 0 Å². The second-order valence-corrected chi connectivity index (χ2v) is 8.26. The van der Waals surface area contributed by atoms with Gasteiger partial charge in [0.1, 0.15) is 0 Å². The largest absolute Gasteiger partial charge is 0.235 e. The molecule has 1 aromatic rings. The van der Waals surface area contributed by atoms with Crippen LogP contribution in [0, 0.1) is 0 Å². The summed E-state index contributed by atoms with van der Waals surface area (Å²) in [6.45, 7) is 0. The van der Waals surface area contributed by atoms with Gasteiger partial charge in [-0.15, -0.1) is 0 Å². The normalized spacial score (nSPS) is 22.4. The molecule has 1 aromatic carbocycles. The van der Waals surface area contributed by atoms with E-state index < -0.39 is 20.1 Å². The van der Waals surface area contributed by atoms with Crippen molar-refractivity contribution in [2.75, 3.05) is 6.26 Å². The van der Waals surface area contributed by atoms with Crippen LogP contribution in [0.3, 0.4) is 0 Å². The fraction of sp³-hybridized carbons (Fsp3) is 0.533. The lowest BCUT2D eigenvalue weighted by Gasteiger charge is -2.37. The van der Waals surface area contributed by atoms with E-state index in [9.17, 15) is 13.2 Å². The molecule has 2 fully saturated rings. The van der Waals surface area contributed by atoms with Crippen molar-refractivity contribution in [3.05, 3.63) is 35.4 Å². The van der Waals surface area contributed by atoms with Crippen LogP contribution in [0.1, 0.15) is 43.2 Å². The smallest absolute Gasteiger partial charge is 0.228 e. The number of sulfone groups is 1. The lowest BCUT2D eigenvalue weighted by atomic mass is 9.72. The lowest BCUT2D eigenvalue weighted by molar-refractivity contribution is 0.256. The topological polar surface area (TPSA) is 63.6 Å². The molecule has 0 aromatic heterocycles. The summed E-state index contributed by atoms with van der Waals surface area (Å²) in [6, 6.07) is 7.59. The highest BCUT2D eigenvalue weighted by atomic mass is 32.2. The zero-order valence-electron chi connectivity index (χ0n) is 11.4. The summed E-state index contributed by atoms with van der Waals surface area (Å²) in [6.07, 6.45) is 7.14. The Hall–Kier alpha value is -1.45. The molecule has 0 N–H and O–H groups in total. The first-order valence-electron chi connectivity index (χ1n) is 6.83. The van der Waals surface area contributed by atoms with Crippen molar-refractivity contribution in [2.45, 2.75) is 42.4 Å². The minimum Gasteiger partial charge on any atom is -0.228 e. The molecule has 2 aliphatic carbocycles. The average molecular weight is 291 g/mol. The van der Waals surface area contributed by atoms with Crippen LogP contribution in [0.25, 0.3) is 0 Å². The number of nitrogens with zero attached hydrogens (tertiary/aromatic N) is 1. The van der Waals surface area contributed by atoms with Gasteiger partial charge in [0.15, 0.2) is 9.84 Å².